The molecule has 0 aliphatic carbocycles. The average molecular weight is 246 g/mol. The summed E-state index contributed by atoms with van der Waals surface area (Å²) in [5, 5.41) is 9.25. The minimum Gasteiger partial charge on any atom is -0.393 e. The van der Waals surface area contributed by atoms with Gasteiger partial charge in [0.05, 0.1) is 11.7 Å². The molecule has 4 heteroatoms. The highest BCUT2D eigenvalue weighted by molar-refractivity contribution is 5.56. The van der Waals surface area contributed by atoms with Gasteiger partial charge in [0.2, 0.25) is 0 Å². The van der Waals surface area contributed by atoms with E-state index in [9.17, 15) is 9.50 Å². The first kappa shape index (κ1) is 12.6. The fourth-order valence-electron chi connectivity index (χ4n) is 1.74. The predicted molar refractivity (Wildman–Crippen MR) is 67.5 cm³/mol. The lowest BCUT2D eigenvalue weighted by Gasteiger charge is -2.06. The Hall–Kier alpha value is -1.81. The van der Waals surface area contributed by atoms with E-state index in [2.05, 4.69) is 9.97 Å². The second kappa shape index (κ2) is 5.23. The Bertz CT molecular complexity index is 538. The summed E-state index contributed by atoms with van der Waals surface area (Å²) >= 11 is 0. The zero-order valence-electron chi connectivity index (χ0n) is 10.4. The Kier molecular flexibility index (Phi) is 3.67. The molecule has 1 aromatic heterocycles. The van der Waals surface area contributed by atoms with E-state index in [-0.39, 0.29) is 5.82 Å². The molecule has 0 bridgehead atoms. The molecule has 1 unspecified atom stereocenters. The van der Waals surface area contributed by atoms with Gasteiger partial charge in [-0.1, -0.05) is 6.07 Å². The molecule has 0 saturated carbocycles. The zero-order valence-corrected chi connectivity index (χ0v) is 10.4. The third-order valence-electron chi connectivity index (χ3n) is 2.60. The van der Waals surface area contributed by atoms with Gasteiger partial charge in [0.25, 0.3) is 0 Å². The molecule has 1 atom stereocenters. The van der Waals surface area contributed by atoms with Crippen molar-refractivity contribution in [2.75, 3.05) is 0 Å². The Morgan fingerprint density at radius 3 is 2.50 bits per heavy atom. The molecule has 94 valence electrons. The van der Waals surface area contributed by atoms with Crippen LogP contribution in [0.4, 0.5) is 4.39 Å². The molecule has 18 heavy (non-hydrogen) atoms. The van der Waals surface area contributed by atoms with Crippen LogP contribution in [-0.4, -0.2) is 21.2 Å². The first-order valence-electron chi connectivity index (χ1n) is 5.82. The van der Waals surface area contributed by atoms with Crippen molar-refractivity contribution in [1.82, 2.24) is 9.97 Å². The summed E-state index contributed by atoms with van der Waals surface area (Å²) in [7, 11) is 0. The minimum absolute atomic E-state index is 0.321. The third-order valence-corrected chi connectivity index (χ3v) is 2.60. The molecule has 0 saturated heterocycles. The number of benzene rings is 1. The van der Waals surface area contributed by atoms with Crippen LogP contribution in [0.25, 0.3) is 11.4 Å². The van der Waals surface area contributed by atoms with Crippen molar-refractivity contribution in [1.29, 1.82) is 0 Å². The summed E-state index contributed by atoms with van der Waals surface area (Å²) in [6.45, 7) is 3.53. The lowest BCUT2D eigenvalue weighted by atomic mass is 10.1. The third kappa shape index (κ3) is 2.90. The number of halogens is 1. The topological polar surface area (TPSA) is 46.0 Å². The molecule has 2 aromatic rings. The fraction of sp³-hybridized carbons (Fsp3) is 0.286. The largest absolute Gasteiger partial charge is 0.393 e. The van der Waals surface area contributed by atoms with Gasteiger partial charge in [0.1, 0.15) is 5.82 Å². The first-order valence-corrected chi connectivity index (χ1v) is 5.82. The summed E-state index contributed by atoms with van der Waals surface area (Å²) in [5.41, 5.74) is 2.09. The van der Waals surface area contributed by atoms with E-state index >= 15 is 0 Å². The van der Waals surface area contributed by atoms with Crippen LogP contribution in [0, 0.1) is 12.7 Å². The van der Waals surface area contributed by atoms with Crippen molar-refractivity contribution < 1.29 is 9.50 Å². The smallest absolute Gasteiger partial charge is 0.162 e. The van der Waals surface area contributed by atoms with Crippen LogP contribution in [0.15, 0.2) is 30.6 Å². The Balaban J connectivity index is 2.28. The monoisotopic (exact) mass is 246 g/mol. The molecule has 0 aliphatic rings. The highest BCUT2D eigenvalue weighted by atomic mass is 19.1. The van der Waals surface area contributed by atoms with Gasteiger partial charge in [-0.05, 0) is 37.1 Å². The number of hydrogen-bond acceptors (Lipinski definition) is 3. The van der Waals surface area contributed by atoms with Gasteiger partial charge in [0, 0.05) is 18.8 Å². The van der Waals surface area contributed by atoms with Gasteiger partial charge in [-0.25, -0.2) is 14.4 Å². The molecule has 3 nitrogen and oxygen atoms in total. The van der Waals surface area contributed by atoms with Crippen LogP contribution in [0.2, 0.25) is 0 Å². The highest BCUT2D eigenvalue weighted by Gasteiger charge is 2.08. The van der Waals surface area contributed by atoms with Crippen molar-refractivity contribution in [2.45, 2.75) is 26.4 Å². The van der Waals surface area contributed by atoms with Crippen LogP contribution < -0.4 is 0 Å². The number of aromatic nitrogens is 2. The van der Waals surface area contributed by atoms with E-state index in [0.717, 1.165) is 11.1 Å². The van der Waals surface area contributed by atoms with Crippen molar-refractivity contribution in [3.63, 3.8) is 0 Å². The summed E-state index contributed by atoms with van der Waals surface area (Å²) in [6, 6.07) is 4.96. The molecule has 0 radical (unpaired) electrons. The zero-order chi connectivity index (χ0) is 13.1. The first-order chi connectivity index (χ1) is 8.56. The highest BCUT2D eigenvalue weighted by Crippen LogP contribution is 2.19. The van der Waals surface area contributed by atoms with Crippen LogP contribution in [0.1, 0.15) is 18.1 Å². The molecular formula is C14H15FN2O. The lowest BCUT2D eigenvalue weighted by molar-refractivity contribution is 0.195. The molecular weight excluding hydrogens is 231 g/mol. The van der Waals surface area contributed by atoms with Gasteiger partial charge >= 0.3 is 0 Å². The van der Waals surface area contributed by atoms with Gasteiger partial charge < -0.3 is 5.11 Å². The fourth-order valence-corrected chi connectivity index (χ4v) is 1.74. The number of hydrogen-bond donors (Lipinski definition) is 1. The van der Waals surface area contributed by atoms with Crippen LogP contribution in [0.3, 0.4) is 0 Å². The number of aliphatic hydroxyl groups excluding tert-OH is 1. The van der Waals surface area contributed by atoms with E-state index in [0.29, 0.717) is 17.8 Å². The SMILES string of the molecule is Cc1ccc(-c2ncc(CC(C)O)cn2)c(F)c1. The molecule has 1 heterocycles. The molecule has 0 aliphatic heterocycles. The van der Waals surface area contributed by atoms with Crippen molar-refractivity contribution >= 4 is 0 Å². The number of rotatable bonds is 3. The predicted octanol–water partition coefficient (Wildman–Crippen LogP) is 2.51. The van der Waals surface area contributed by atoms with Gasteiger partial charge in [-0.2, -0.15) is 0 Å². The van der Waals surface area contributed by atoms with Crippen molar-refractivity contribution in [3.05, 3.63) is 47.5 Å². The van der Waals surface area contributed by atoms with E-state index in [1.165, 1.54) is 6.07 Å². The summed E-state index contributed by atoms with van der Waals surface area (Å²) < 4.78 is 13.7. The summed E-state index contributed by atoms with van der Waals surface area (Å²) in [4.78, 5) is 8.26. The van der Waals surface area contributed by atoms with E-state index < -0.39 is 6.10 Å². The Morgan fingerprint density at radius 2 is 1.94 bits per heavy atom. The maximum absolute atomic E-state index is 13.7. The van der Waals surface area contributed by atoms with E-state index in [1.807, 2.05) is 13.0 Å². The maximum Gasteiger partial charge on any atom is 0.162 e. The Morgan fingerprint density at radius 1 is 1.28 bits per heavy atom. The molecule has 0 fully saturated rings. The normalized spacial score (nSPS) is 12.4. The number of aliphatic hydroxyl groups is 1. The minimum atomic E-state index is -0.435. The standard InChI is InChI=1S/C14H15FN2O/c1-9-3-4-12(13(15)5-9)14-16-7-11(8-17-14)6-10(2)18/h3-5,7-8,10,18H,6H2,1-2H3. The van der Waals surface area contributed by atoms with Crippen LogP contribution >= 0.6 is 0 Å². The van der Waals surface area contributed by atoms with Crippen LogP contribution in [0.5, 0.6) is 0 Å². The van der Waals surface area contributed by atoms with Crippen molar-refractivity contribution in [2.24, 2.45) is 0 Å². The molecule has 2 rings (SSSR count). The van der Waals surface area contributed by atoms with Crippen LogP contribution in [-0.2, 0) is 6.42 Å². The number of nitrogens with zero attached hydrogens (tertiary/aromatic N) is 2. The van der Waals surface area contributed by atoms with E-state index in [4.69, 9.17) is 0 Å². The number of aryl methyl sites for hydroxylation is 1. The van der Waals surface area contributed by atoms with Gasteiger partial charge in [0.15, 0.2) is 5.82 Å². The second-order valence-electron chi connectivity index (χ2n) is 4.45. The second-order valence-corrected chi connectivity index (χ2v) is 4.45. The summed E-state index contributed by atoms with van der Waals surface area (Å²) in [5.74, 6) is 0.0418. The van der Waals surface area contributed by atoms with Gasteiger partial charge in [-0.15, -0.1) is 0 Å². The maximum atomic E-state index is 13.7. The lowest BCUT2D eigenvalue weighted by Crippen LogP contribution is -2.05. The quantitative estimate of drug-likeness (QED) is 0.905. The molecule has 1 aromatic carbocycles. The molecule has 1 N–H and O–H groups in total. The molecule has 0 amide bonds. The van der Waals surface area contributed by atoms with Crippen molar-refractivity contribution in [3.8, 4) is 11.4 Å². The Labute approximate surface area is 105 Å². The summed E-state index contributed by atoms with van der Waals surface area (Å²) in [6.07, 6.45) is 3.30. The van der Waals surface area contributed by atoms with E-state index in [1.54, 1.807) is 25.4 Å². The van der Waals surface area contributed by atoms with Gasteiger partial charge in [-0.3, -0.25) is 0 Å². The molecule has 0 spiro atoms. The average Bonchev–Trinajstić information content (AvgIpc) is 2.30.